The molecule has 0 aliphatic carbocycles. The zero-order valence-electron chi connectivity index (χ0n) is 17.2. The maximum absolute atomic E-state index is 13.0. The van der Waals surface area contributed by atoms with Crippen LogP contribution in [-0.2, 0) is 26.6 Å². The molecular weight excluding hydrogens is 428 g/mol. The monoisotopic (exact) mass is 458 g/mol. The lowest BCUT2D eigenvalue weighted by molar-refractivity contribution is 0.227. The van der Waals surface area contributed by atoms with Crippen molar-refractivity contribution in [2.24, 2.45) is 0 Å². The Bertz CT molecular complexity index is 951. The molecule has 168 valence electrons. The molecule has 2 heterocycles. The molecule has 2 aliphatic heterocycles. The molecule has 2 fully saturated rings. The third-order valence-electron chi connectivity index (χ3n) is 5.60. The second-order valence-electron chi connectivity index (χ2n) is 7.84. The largest absolute Gasteiger partial charge is 0.335 e. The SMILES string of the molecule is CS(=O)(=O)N1CCC(NC(=O)NCc2ccccc2S(=O)(=O)N2CCCCC2)CC1. The van der Waals surface area contributed by atoms with E-state index >= 15 is 0 Å². The molecule has 11 heteroatoms. The van der Waals surface area contributed by atoms with E-state index in [1.807, 2.05) is 0 Å². The summed E-state index contributed by atoms with van der Waals surface area (Å²) in [4.78, 5) is 12.5. The molecule has 2 aliphatic rings. The van der Waals surface area contributed by atoms with Crippen molar-refractivity contribution in [3.05, 3.63) is 29.8 Å². The van der Waals surface area contributed by atoms with Crippen LogP contribution in [0.4, 0.5) is 4.79 Å². The summed E-state index contributed by atoms with van der Waals surface area (Å²) < 4.78 is 52.1. The first kappa shape index (κ1) is 23.0. The van der Waals surface area contributed by atoms with Crippen molar-refractivity contribution in [1.82, 2.24) is 19.2 Å². The van der Waals surface area contributed by atoms with E-state index in [9.17, 15) is 21.6 Å². The lowest BCUT2D eigenvalue weighted by atomic mass is 10.1. The number of rotatable bonds is 6. The molecular formula is C19H30N4O5S2. The van der Waals surface area contributed by atoms with Crippen LogP contribution in [-0.4, -0.2) is 70.0 Å². The van der Waals surface area contributed by atoms with E-state index in [1.54, 1.807) is 24.3 Å². The summed E-state index contributed by atoms with van der Waals surface area (Å²) in [5, 5.41) is 5.59. The Morgan fingerprint density at radius 1 is 0.967 bits per heavy atom. The number of carbonyl (C=O) groups is 1. The number of piperidine rings is 2. The van der Waals surface area contributed by atoms with Crippen molar-refractivity contribution in [2.45, 2.75) is 49.6 Å². The van der Waals surface area contributed by atoms with Gasteiger partial charge in [0.15, 0.2) is 0 Å². The number of urea groups is 1. The number of nitrogens with zero attached hydrogens (tertiary/aromatic N) is 2. The molecule has 30 heavy (non-hydrogen) atoms. The third kappa shape index (κ3) is 5.71. The second-order valence-corrected chi connectivity index (χ2v) is 11.7. The number of carbonyl (C=O) groups excluding carboxylic acids is 1. The molecule has 9 nitrogen and oxygen atoms in total. The highest BCUT2D eigenvalue weighted by atomic mass is 32.2. The number of sulfonamides is 2. The fourth-order valence-electron chi connectivity index (χ4n) is 3.89. The van der Waals surface area contributed by atoms with Gasteiger partial charge in [0, 0.05) is 38.8 Å². The summed E-state index contributed by atoms with van der Waals surface area (Å²) in [6, 6.07) is 6.23. The summed E-state index contributed by atoms with van der Waals surface area (Å²) in [5.41, 5.74) is 0.546. The smallest absolute Gasteiger partial charge is 0.315 e. The highest BCUT2D eigenvalue weighted by Gasteiger charge is 2.28. The maximum atomic E-state index is 13.0. The van der Waals surface area contributed by atoms with E-state index < -0.39 is 26.1 Å². The summed E-state index contributed by atoms with van der Waals surface area (Å²) in [6.45, 7) is 1.90. The van der Waals surface area contributed by atoms with Gasteiger partial charge in [-0.1, -0.05) is 24.6 Å². The Labute approximate surface area is 178 Å². The molecule has 0 unspecified atom stereocenters. The maximum Gasteiger partial charge on any atom is 0.315 e. The van der Waals surface area contributed by atoms with Gasteiger partial charge in [-0.05, 0) is 37.3 Å². The van der Waals surface area contributed by atoms with Gasteiger partial charge >= 0.3 is 6.03 Å². The quantitative estimate of drug-likeness (QED) is 0.662. The predicted molar refractivity (Wildman–Crippen MR) is 114 cm³/mol. The molecule has 0 spiro atoms. The minimum absolute atomic E-state index is 0.0945. The van der Waals surface area contributed by atoms with Gasteiger partial charge in [-0.15, -0.1) is 0 Å². The standard InChI is InChI=1S/C19H30N4O5S2/c1-29(25,26)22-13-9-17(10-14-22)21-19(24)20-15-16-7-3-4-8-18(16)30(27,28)23-11-5-2-6-12-23/h3-4,7-8,17H,2,5-6,9-15H2,1H3,(H2,20,21,24). The first-order valence-corrected chi connectivity index (χ1v) is 13.5. The molecule has 1 aromatic carbocycles. The number of hydrogen-bond acceptors (Lipinski definition) is 5. The summed E-state index contributed by atoms with van der Waals surface area (Å²) in [5.74, 6) is 0. The van der Waals surface area contributed by atoms with Crippen LogP contribution in [0.2, 0.25) is 0 Å². The lowest BCUT2D eigenvalue weighted by Crippen LogP contribution is -2.48. The Morgan fingerprint density at radius 2 is 1.60 bits per heavy atom. The van der Waals surface area contributed by atoms with Gasteiger partial charge in [0.1, 0.15) is 0 Å². The molecule has 0 atom stereocenters. The van der Waals surface area contributed by atoms with Crippen LogP contribution < -0.4 is 10.6 Å². The second kappa shape index (κ2) is 9.63. The summed E-state index contributed by atoms with van der Waals surface area (Å²) >= 11 is 0. The van der Waals surface area contributed by atoms with Gasteiger partial charge < -0.3 is 10.6 Å². The van der Waals surface area contributed by atoms with Crippen LogP contribution in [0.5, 0.6) is 0 Å². The van der Waals surface area contributed by atoms with Crippen molar-refractivity contribution >= 4 is 26.1 Å². The molecule has 2 amide bonds. The molecule has 2 saturated heterocycles. The van der Waals surface area contributed by atoms with Crippen molar-refractivity contribution in [3.8, 4) is 0 Å². The Balaban J connectivity index is 1.57. The highest BCUT2D eigenvalue weighted by molar-refractivity contribution is 7.89. The number of hydrogen-bond donors (Lipinski definition) is 2. The zero-order valence-corrected chi connectivity index (χ0v) is 18.8. The predicted octanol–water partition coefficient (Wildman–Crippen LogP) is 1.08. The van der Waals surface area contributed by atoms with Crippen LogP contribution in [0.3, 0.4) is 0 Å². The first-order valence-electron chi connectivity index (χ1n) is 10.3. The molecule has 1 aromatic rings. The number of nitrogens with one attached hydrogen (secondary N) is 2. The molecule has 0 radical (unpaired) electrons. The minimum Gasteiger partial charge on any atom is -0.335 e. The van der Waals surface area contributed by atoms with Crippen LogP contribution in [0.25, 0.3) is 0 Å². The van der Waals surface area contributed by atoms with E-state index in [-0.39, 0.29) is 17.5 Å². The number of amides is 2. The van der Waals surface area contributed by atoms with Crippen molar-refractivity contribution in [1.29, 1.82) is 0 Å². The molecule has 0 aromatic heterocycles. The van der Waals surface area contributed by atoms with Gasteiger partial charge in [0.25, 0.3) is 0 Å². The summed E-state index contributed by atoms with van der Waals surface area (Å²) in [7, 11) is -6.80. The van der Waals surface area contributed by atoms with Crippen molar-refractivity contribution in [3.63, 3.8) is 0 Å². The third-order valence-corrected chi connectivity index (χ3v) is 8.91. The van der Waals surface area contributed by atoms with Gasteiger partial charge in [-0.25, -0.2) is 25.9 Å². The Morgan fingerprint density at radius 3 is 2.23 bits per heavy atom. The number of benzene rings is 1. The topological polar surface area (TPSA) is 116 Å². The Kier molecular flexibility index (Phi) is 7.38. The fraction of sp³-hybridized carbons (Fsp3) is 0.632. The average molecular weight is 459 g/mol. The first-order chi connectivity index (χ1) is 14.2. The van der Waals surface area contributed by atoms with Crippen LogP contribution in [0, 0.1) is 0 Å². The van der Waals surface area contributed by atoms with Crippen LogP contribution >= 0.6 is 0 Å². The van der Waals surface area contributed by atoms with Gasteiger partial charge in [0.05, 0.1) is 11.2 Å². The lowest BCUT2D eigenvalue weighted by Gasteiger charge is -2.30. The van der Waals surface area contributed by atoms with Crippen LogP contribution in [0.1, 0.15) is 37.7 Å². The zero-order chi connectivity index (χ0) is 21.8. The van der Waals surface area contributed by atoms with Gasteiger partial charge in [0.2, 0.25) is 20.0 Å². The van der Waals surface area contributed by atoms with Crippen molar-refractivity contribution in [2.75, 3.05) is 32.4 Å². The average Bonchev–Trinajstić information content (AvgIpc) is 2.73. The Hall–Kier alpha value is -1.69. The van der Waals surface area contributed by atoms with E-state index in [0.717, 1.165) is 19.3 Å². The molecule has 3 rings (SSSR count). The molecule has 0 bridgehead atoms. The highest BCUT2D eigenvalue weighted by Crippen LogP contribution is 2.23. The van der Waals surface area contributed by atoms with Crippen LogP contribution in [0.15, 0.2) is 29.2 Å². The minimum atomic E-state index is -3.59. The fourth-order valence-corrected chi connectivity index (χ4v) is 6.50. The van der Waals surface area contributed by atoms with E-state index in [4.69, 9.17) is 0 Å². The van der Waals surface area contributed by atoms with E-state index in [2.05, 4.69) is 10.6 Å². The summed E-state index contributed by atoms with van der Waals surface area (Å²) in [6.07, 6.45) is 5.03. The van der Waals surface area contributed by atoms with Gasteiger partial charge in [-0.3, -0.25) is 0 Å². The normalized spacial score (nSPS) is 20.0. The molecule has 0 saturated carbocycles. The van der Waals surface area contributed by atoms with E-state index in [0.29, 0.717) is 44.6 Å². The van der Waals surface area contributed by atoms with E-state index in [1.165, 1.54) is 14.9 Å². The molecule has 2 N–H and O–H groups in total. The van der Waals surface area contributed by atoms with Crippen molar-refractivity contribution < 1.29 is 21.6 Å². The van der Waals surface area contributed by atoms with Gasteiger partial charge in [-0.2, -0.15) is 4.31 Å².